The number of anilines is 3. The van der Waals surface area contributed by atoms with E-state index in [1.165, 1.54) is 5.56 Å². The Hall–Kier alpha value is -3.85. The van der Waals surface area contributed by atoms with Crippen molar-refractivity contribution < 1.29 is 0 Å². The third-order valence-corrected chi connectivity index (χ3v) is 4.78. The van der Waals surface area contributed by atoms with Crippen LogP contribution in [0.2, 0.25) is 0 Å². The van der Waals surface area contributed by atoms with E-state index in [2.05, 4.69) is 46.6 Å². The number of fused-ring (bicyclic) bond motifs is 1. The molecule has 0 radical (unpaired) electrons. The van der Waals surface area contributed by atoms with Crippen LogP contribution in [-0.2, 0) is 0 Å². The summed E-state index contributed by atoms with van der Waals surface area (Å²) in [6.45, 7) is 3.88. The second-order valence-electron chi connectivity index (χ2n) is 6.81. The van der Waals surface area contributed by atoms with Gasteiger partial charge in [-0.05, 0) is 54.1 Å². The number of nitriles is 1. The molecule has 2 aromatic carbocycles. The molecule has 0 aliphatic heterocycles. The van der Waals surface area contributed by atoms with Crippen LogP contribution in [0, 0.1) is 18.3 Å². The first kappa shape index (κ1) is 17.6. The molecule has 6 heteroatoms. The Labute approximate surface area is 163 Å². The van der Waals surface area contributed by atoms with E-state index in [9.17, 15) is 0 Å². The zero-order valence-corrected chi connectivity index (χ0v) is 15.7. The molecule has 28 heavy (non-hydrogen) atoms. The lowest BCUT2D eigenvalue weighted by Gasteiger charge is -2.11. The summed E-state index contributed by atoms with van der Waals surface area (Å²) in [6, 6.07) is 16.2. The highest BCUT2D eigenvalue weighted by Gasteiger charge is 2.09. The van der Waals surface area contributed by atoms with Crippen LogP contribution in [0.4, 0.5) is 17.2 Å². The van der Waals surface area contributed by atoms with Crippen molar-refractivity contribution in [1.29, 1.82) is 5.26 Å². The molecule has 3 N–H and O–H groups in total. The van der Waals surface area contributed by atoms with Gasteiger partial charge in [0.2, 0.25) is 0 Å². The highest BCUT2D eigenvalue weighted by Crippen LogP contribution is 2.32. The lowest BCUT2D eigenvalue weighted by Crippen LogP contribution is -2.02. The molecule has 0 spiro atoms. The largest absolute Gasteiger partial charge is 0.398 e. The number of hydrogen-bond donors (Lipinski definition) is 2. The maximum Gasteiger partial charge on any atom is 0.135 e. The summed E-state index contributed by atoms with van der Waals surface area (Å²) >= 11 is 0. The second kappa shape index (κ2) is 7.05. The Morgan fingerprint density at radius 1 is 1.18 bits per heavy atom. The average molecular weight is 368 g/mol. The van der Waals surface area contributed by atoms with Gasteiger partial charge < -0.3 is 11.1 Å². The van der Waals surface area contributed by atoms with Crippen LogP contribution in [0.15, 0.2) is 61.1 Å². The van der Waals surface area contributed by atoms with Crippen LogP contribution in [0.25, 0.3) is 21.9 Å². The summed E-state index contributed by atoms with van der Waals surface area (Å²) < 4.78 is 1.61. The number of benzene rings is 2. The number of nitrogens with one attached hydrogen (secondary N) is 1. The smallest absolute Gasteiger partial charge is 0.135 e. The van der Waals surface area contributed by atoms with E-state index in [4.69, 9.17) is 11.0 Å². The van der Waals surface area contributed by atoms with Crippen LogP contribution >= 0.6 is 0 Å². The number of nitrogens with zero attached hydrogens (tertiary/aromatic N) is 4. The average Bonchev–Trinajstić information content (AvgIpc) is 3.16. The molecule has 138 valence electrons. The third kappa shape index (κ3) is 3.26. The van der Waals surface area contributed by atoms with E-state index in [-0.39, 0.29) is 6.04 Å². The van der Waals surface area contributed by atoms with Gasteiger partial charge in [0.05, 0.1) is 18.0 Å². The first-order chi connectivity index (χ1) is 13.5. The summed E-state index contributed by atoms with van der Waals surface area (Å²) in [5.41, 5.74) is 11.2. The number of aromatic nitrogens is 3. The van der Waals surface area contributed by atoms with E-state index in [0.717, 1.165) is 27.6 Å². The molecule has 1 atom stereocenters. The molecule has 0 saturated heterocycles. The highest BCUT2D eigenvalue weighted by atomic mass is 15.3. The van der Waals surface area contributed by atoms with Crippen molar-refractivity contribution in [3.05, 3.63) is 66.6 Å². The predicted molar refractivity (Wildman–Crippen MR) is 112 cm³/mol. The van der Waals surface area contributed by atoms with E-state index in [1.807, 2.05) is 24.3 Å². The van der Waals surface area contributed by atoms with Crippen LogP contribution in [0.1, 0.15) is 18.5 Å². The van der Waals surface area contributed by atoms with E-state index >= 15 is 0 Å². The molecule has 2 heterocycles. The van der Waals surface area contributed by atoms with Crippen molar-refractivity contribution in [1.82, 2.24) is 14.8 Å². The number of nitrogens with two attached hydrogens (primary N) is 1. The van der Waals surface area contributed by atoms with Gasteiger partial charge in [0.15, 0.2) is 0 Å². The molecule has 0 bridgehead atoms. The summed E-state index contributed by atoms with van der Waals surface area (Å²) in [5, 5.41) is 18.4. The fraction of sp³-hybridized carbons (Fsp3) is 0.136. The molecule has 0 aliphatic rings. The van der Waals surface area contributed by atoms with Gasteiger partial charge >= 0.3 is 0 Å². The molecule has 0 amide bonds. The van der Waals surface area contributed by atoms with Crippen LogP contribution in [0.5, 0.6) is 0 Å². The topological polar surface area (TPSA) is 92.5 Å². The minimum absolute atomic E-state index is 0.323. The van der Waals surface area contributed by atoms with Crippen LogP contribution in [-0.4, -0.2) is 14.8 Å². The second-order valence-corrected chi connectivity index (χ2v) is 6.81. The van der Waals surface area contributed by atoms with Gasteiger partial charge in [0.25, 0.3) is 0 Å². The summed E-state index contributed by atoms with van der Waals surface area (Å²) in [7, 11) is 0. The number of hydrogen-bond acceptors (Lipinski definition) is 5. The number of rotatable bonds is 4. The summed E-state index contributed by atoms with van der Waals surface area (Å²) in [5.74, 6) is 0.693. The Balaban J connectivity index is 1.71. The first-order valence-electron chi connectivity index (χ1n) is 9.01. The molecule has 0 unspecified atom stereocenters. The molecule has 4 rings (SSSR count). The van der Waals surface area contributed by atoms with Gasteiger partial charge in [-0.15, -0.1) is 0 Å². The standard InChI is InChI=1S/C22H20N6/c1-14-5-3-4-6-19(14)16-7-17-9-22(25-12-20(17)21(24)8-16)27-18-11-26-28(13-18)15(2)10-23/h3-9,11-13,15H,24H2,1-2H3,(H,25,27)/t15-/m1/s1. The summed E-state index contributed by atoms with van der Waals surface area (Å²) in [4.78, 5) is 4.46. The normalized spacial score (nSPS) is 11.9. The van der Waals surface area contributed by atoms with Gasteiger partial charge in [0, 0.05) is 23.5 Å². The van der Waals surface area contributed by atoms with Crippen molar-refractivity contribution in [3.8, 4) is 17.2 Å². The maximum absolute atomic E-state index is 9.02. The molecular formula is C22H20N6. The van der Waals surface area contributed by atoms with Gasteiger partial charge in [0.1, 0.15) is 11.9 Å². The van der Waals surface area contributed by atoms with E-state index in [0.29, 0.717) is 11.5 Å². The maximum atomic E-state index is 9.02. The van der Waals surface area contributed by atoms with Crippen molar-refractivity contribution in [2.75, 3.05) is 11.1 Å². The minimum atomic E-state index is -0.323. The predicted octanol–water partition coefficient (Wildman–Crippen LogP) is 4.82. The molecule has 0 fully saturated rings. The van der Waals surface area contributed by atoms with Gasteiger partial charge in [-0.3, -0.25) is 4.68 Å². The fourth-order valence-corrected chi connectivity index (χ4v) is 3.23. The lowest BCUT2D eigenvalue weighted by atomic mass is 9.97. The molecule has 0 saturated carbocycles. The third-order valence-electron chi connectivity index (χ3n) is 4.78. The van der Waals surface area contributed by atoms with Crippen LogP contribution in [0.3, 0.4) is 0 Å². The minimum Gasteiger partial charge on any atom is -0.398 e. The Morgan fingerprint density at radius 2 is 2.00 bits per heavy atom. The van der Waals surface area contributed by atoms with Crippen LogP contribution < -0.4 is 11.1 Å². The monoisotopic (exact) mass is 368 g/mol. The van der Waals surface area contributed by atoms with Crippen molar-refractivity contribution in [3.63, 3.8) is 0 Å². The van der Waals surface area contributed by atoms with E-state index in [1.54, 1.807) is 30.2 Å². The Morgan fingerprint density at radius 3 is 2.79 bits per heavy atom. The number of nitrogen functional groups attached to an aromatic ring is 1. The highest BCUT2D eigenvalue weighted by molar-refractivity contribution is 5.97. The van der Waals surface area contributed by atoms with Gasteiger partial charge in [-0.1, -0.05) is 24.3 Å². The fourth-order valence-electron chi connectivity index (χ4n) is 3.23. The SMILES string of the molecule is Cc1ccccc1-c1cc(N)c2cnc(Nc3cnn([C@H](C)C#N)c3)cc2c1. The van der Waals surface area contributed by atoms with Gasteiger partial charge in [-0.2, -0.15) is 10.4 Å². The quantitative estimate of drug-likeness (QED) is 0.504. The number of pyridine rings is 1. The zero-order chi connectivity index (χ0) is 19.7. The molecule has 2 aromatic heterocycles. The molecule has 4 aromatic rings. The summed E-state index contributed by atoms with van der Waals surface area (Å²) in [6.07, 6.45) is 5.24. The first-order valence-corrected chi connectivity index (χ1v) is 9.01. The Kier molecular flexibility index (Phi) is 4.42. The molecule has 0 aliphatic carbocycles. The van der Waals surface area contributed by atoms with E-state index < -0.39 is 0 Å². The number of aryl methyl sites for hydroxylation is 1. The van der Waals surface area contributed by atoms with Gasteiger partial charge in [-0.25, -0.2) is 4.98 Å². The van der Waals surface area contributed by atoms with Crippen molar-refractivity contribution >= 4 is 28.0 Å². The van der Waals surface area contributed by atoms with Crippen molar-refractivity contribution in [2.45, 2.75) is 19.9 Å². The van der Waals surface area contributed by atoms with Crippen molar-refractivity contribution in [2.24, 2.45) is 0 Å². The lowest BCUT2D eigenvalue weighted by molar-refractivity contribution is 0.591. The molecular weight excluding hydrogens is 348 g/mol. The Bertz CT molecular complexity index is 1200. The zero-order valence-electron chi connectivity index (χ0n) is 15.7. The molecule has 6 nitrogen and oxygen atoms in total.